The van der Waals surface area contributed by atoms with Gasteiger partial charge in [-0.15, -0.1) is 0 Å². The summed E-state index contributed by atoms with van der Waals surface area (Å²) in [5.74, 6) is 0. The molecule has 2 unspecified atom stereocenters. The average molecular weight is 304 g/mol. The molecule has 112 valence electrons. The highest BCUT2D eigenvalue weighted by atomic mass is 35.5. The van der Waals surface area contributed by atoms with E-state index in [-0.39, 0.29) is 0 Å². The lowest BCUT2D eigenvalue weighted by molar-refractivity contribution is 0.168. The molecule has 1 N–H and O–H groups in total. The van der Waals surface area contributed by atoms with Crippen molar-refractivity contribution in [3.8, 4) is 0 Å². The highest BCUT2D eigenvalue weighted by molar-refractivity contribution is 6.35. The summed E-state index contributed by atoms with van der Waals surface area (Å²) in [5, 5.41) is 5.50. The minimum Gasteiger partial charge on any atom is -0.310 e. The molecule has 0 bridgehead atoms. The third-order valence-corrected chi connectivity index (χ3v) is 4.92. The summed E-state index contributed by atoms with van der Waals surface area (Å²) >= 11 is 6.25. The van der Waals surface area contributed by atoms with Gasteiger partial charge in [0.05, 0.1) is 5.52 Å². The molecule has 1 fully saturated rings. The van der Waals surface area contributed by atoms with Crippen LogP contribution >= 0.6 is 11.6 Å². The highest BCUT2D eigenvalue weighted by Gasteiger charge is 2.22. The van der Waals surface area contributed by atoms with Gasteiger partial charge in [0.1, 0.15) is 0 Å². The Hall–Kier alpha value is -1.16. The van der Waals surface area contributed by atoms with Gasteiger partial charge in [-0.05, 0) is 57.1 Å². The van der Waals surface area contributed by atoms with Gasteiger partial charge < -0.3 is 10.2 Å². The van der Waals surface area contributed by atoms with E-state index in [1.54, 1.807) is 0 Å². The first-order valence-corrected chi connectivity index (χ1v) is 7.98. The lowest BCUT2D eigenvalue weighted by Gasteiger charge is -2.35. The number of aromatic nitrogens is 1. The monoisotopic (exact) mass is 303 g/mol. The van der Waals surface area contributed by atoms with Crippen LogP contribution in [0.3, 0.4) is 0 Å². The van der Waals surface area contributed by atoms with Crippen LogP contribution in [0, 0.1) is 0 Å². The molecule has 0 amide bonds. The number of hydrogen-bond acceptors (Lipinski definition) is 3. The number of nitrogens with one attached hydrogen (secondary N) is 1. The van der Waals surface area contributed by atoms with E-state index in [1.807, 2.05) is 24.4 Å². The minimum absolute atomic E-state index is 0.589. The van der Waals surface area contributed by atoms with Crippen molar-refractivity contribution >= 4 is 22.5 Å². The summed E-state index contributed by atoms with van der Waals surface area (Å²) in [6, 6.07) is 9.26. The molecule has 1 saturated heterocycles. The molecule has 3 rings (SSSR count). The third-order valence-electron chi connectivity index (χ3n) is 4.59. The van der Waals surface area contributed by atoms with E-state index in [9.17, 15) is 0 Å². The zero-order valence-electron chi connectivity index (χ0n) is 12.6. The van der Waals surface area contributed by atoms with Crippen molar-refractivity contribution in [2.24, 2.45) is 0 Å². The van der Waals surface area contributed by atoms with Crippen LogP contribution in [0.1, 0.15) is 25.3 Å². The Morgan fingerprint density at radius 3 is 3.05 bits per heavy atom. The maximum Gasteiger partial charge on any atom is 0.0761 e. The number of rotatable bonds is 3. The van der Waals surface area contributed by atoms with Crippen molar-refractivity contribution < 1.29 is 0 Å². The molecule has 0 radical (unpaired) electrons. The van der Waals surface area contributed by atoms with Crippen molar-refractivity contribution in [2.45, 2.75) is 38.4 Å². The number of likely N-dealkylation sites (tertiary alicyclic amines) is 1. The predicted molar refractivity (Wildman–Crippen MR) is 88.7 cm³/mol. The first-order valence-electron chi connectivity index (χ1n) is 7.61. The Balaban J connectivity index is 1.73. The van der Waals surface area contributed by atoms with Gasteiger partial charge in [-0.25, -0.2) is 0 Å². The van der Waals surface area contributed by atoms with Crippen molar-refractivity contribution in [3.63, 3.8) is 0 Å². The standard InChI is InChI=1S/C17H22ClN3/c1-12-10-14(7-9-21(12)2)20-11-13-5-6-16(18)15-4-3-8-19-17(13)15/h3-6,8,12,14,20H,7,9-11H2,1-2H3. The Morgan fingerprint density at radius 2 is 2.24 bits per heavy atom. The van der Waals surface area contributed by atoms with Gasteiger partial charge >= 0.3 is 0 Å². The minimum atomic E-state index is 0.589. The maximum absolute atomic E-state index is 6.25. The van der Waals surface area contributed by atoms with Gasteiger partial charge in [0.15, 0.2) is 0 Å². The number of benzene rings is 1. The molecule has 2 atom stereocenters. The predicted octanol–water partition coefficient (Wildman–Crippen LogP) is 3.46. The summed E-state index contributed by atoms with van der Waals surface area (Å²) in [6.45, 7) is 4.32. The van der Waals surface area contributed by atoms with Gasteiger partial charge in [-0.2, -0.15) is 0 Å². The van der Waals surface area contributed by atoms with Crippen LogP contribution in [0.15, 0.2) is 30.5 Å². The number of pyridine rings is 1. The zero-order valence-corrected chi connectivity index (χ0v) is 13.4. The number of nitrogens with zero attached hydrogens (tertiary/aromatic N) is 2. The lowest BCUT2D eigenvalue weighted by Crippen LogP contribution is -2.45. The molecule has 4 heteroatoms. The second-order valence-corrected chi connectivity index (χ2v) is 6.45. The molecule has 1 aromatic carbocycles. The molecular weight excluding hydrogens is 282 g/mol. The number of hydrogen-bond donors (Lipinski definition) is 1. The molecule has 21 heavy (non-hydrogen) atoms. The van der Waals surface area contributed by atoms with Crippen molar-refractivity contribution in [1.82, 2.24) is 15.2 Å². The van der Waals surface area contributed by atoms with Crippen LogP contribution < -0.4 is 5.32 Å². The van der Waals surface area contributed by atoms with Crippen LogP contribution in [-0.4, -0.2) is 35.6 Å². The van der Waals surface area contributed by atoms with E-state index in [1.165, 1.54) is 24.9 Å². The summed E-state index contributed by atoms with van der Waals surface area (Å²) < 4.78 is 0. The Bertz CT molecular complexity index is 628. The number of piperidine rings is 1. The first-order chi connectivity index (χ1) is 10.1. The van der Waals surface area contributed by atoms with Crippen LogP contribution in [0.2, 0.25) is 5.02 Å². The molecule has 0 aliphatic carbocycles. The van der Waals surface area contributed by atoms with Gasteiger partial charge in [0.2, 0.25) is 0 Å². The number of fused-ring (bicyclic) bond motifs is 1. The Morgan fingerprint density at radius 1 is 1.38 bits per heavy atom. The average Bonchev–Trinajstić information content (AvgIpc) is 2.50. The van der Waals surface area contributed by atoms with Gasteiger partial charge in [0.25, 0.3) is 0 Å². The zero-order chi connectivity index (χ0) is 14.8. The van der Waals surface area contributed by atoms with E-state index in [4.69, 9.17) is 11.6 Å². The molecule has 3 nitrogen and oxygen atoms in total. The van der Waals surface area contributed by atoms with E-state index in [0.717, 1.165) is 22.5 Å². The second kappa shape index (κ2) is 6.30. The van der Waals surface area contributed by atoms with Gasteiger partial charge in [0, 0.05) is 35.2 Å². The maximum atomic E-state index is 6.25. The van der Waals surface area contributed by atoms with Crippen molar-refractivity contribution in [2.75, 3.05) is 13.6 Å². The first kappa shape index (κ1) is 14.8. The normalized spacial score (nSPS) is 23.6. The van der Waals surface area contributed by atoms with E-state index in [2.05, 4.69) is 35.2 Å². The SMILES string of the molecule is CC1CC(NCc2ccc(Cl)c3cccnc23)CCN1C. The summed E-state index contributed by atoms with van der Waals surface area (Å²) in [6.07, 6.45) is 4.25. The summed E-state index contributed by atoms with van der Waals surface area (Å²) in [4.78, 5) is 6.93. The van der Waals surface area contributed by atoms with Crippen molar-refractivity contribution in [3.05, 3.63) is 41.0 Å². The quantitative estimate of drug-likeness (QED) is 0.941. The van der Waals surface area contributed by atoms with E-state index >= 15 is 0 Å². The summed E-state index contributed by atoms with van der Waals surface area (Å²) in [7, 11) is 2.21. The molecule has 0 saturated carbocycles. The van der Waals surface area contributed by atoms with Crippen LogP contribution in [0.25, 0.3) is 10.9 Å². The van der Waals surface area contributed by atoms with Crippen LogP contribution in [-0.2, 0) is 6.54 Å². The smallest absolute Gasteiger partial charge is 0.0761 e. The fourth-order valence-corrected chi connectivity index (χ4v) is 3.28. The fraction of sp³-hybridized carbons (Fsp3) is 0.471. The Labute approximate surface area is 131 Å². The van der Waals surface area contributed by atoms with E-state index < -0.39 is 0 Å². The van der Waals surface area contributed by atoms with Crippen LogP contribution in [0.5, 0.6) is 0 Å². The second-order valence-electron chi connectivity index (χ2n) is 6.04. The molecule has 2 heterocycles. The number of halogens is 1. The third kappa shape index (κ3) is 3.20. The summed E-state index contributed by atoms with van der Waals surface area (Å²) in [5.41, 5.74) is 2.24. The molecule has 0 spiro atoms. The van der Waals surface area contributed by atoms with E-state index in [0.29, 0.717) is 12.1 Å². The largest absolute Gasteiger partial charge is 0.310 e. The van der Waals surface area contributed by atoms with Gasteiger partial charge in [-0.1, -0.05) is 17.7 Å². The fourth-order valence-electron chi connectivity index (χ4n) is 3.07. The molecule has 1 aliphatic rings. The van der Waals surface area contributed by atoms with Gasteiger partial charge in [-0.3, -0.25) is 4.98 Å². The molecule has 2 aromatic rings. The van der Waals surface area contributed by atoms with Crippen LogP contribution in [0.4, 0.5) is 0 Å². The topological polar surface area (TPSA) is 28.2 Å². The Kier molecular flexibility index (Phi) is 4.43. The molecule has 1 aromatic heterocycles. The molecule has 1 aliphatic heterocycles. The van der Waals surface area contributed by atoms with Crippen molar-refractivity contribution in [1.29, 1.82) is 0 Å². The lowest BCUT2D eigenvalue weighted by atomic mass is 9.98. The molecular formula is C17H22ClN3. The highest BCUT2D eigenvalue weighted by Crippen LogP contribution is 2.25.